The van der Waals surface area contributed by atoms with Crippen LogP contribution in [0.25, 0.3) is 11.0 Å². The molecular formula is C18H29N3. The lowest BCUT2D eigenvalue weighted by atomic mass is 9.98. The zero-order valence-electron chi connectivity index (χ0n) is 13.9. The Balaban J connectivity index is 2.09. The number of fused-ring (bicyclic) bond motifs is 1. The van der Waals surface area contributed by atoms with Crippen LogP contribution in [-0.2, 0) is 13.0 Å². The van der Waals surface area contributed by atoms with Crippen molar-refractivity contribution in [1.29, 1.82) is 0 Å². The molecule has 2 aromatic rings. The summed E-state index contributed by atoms with van der Waals surface area (Å²) in [7, 11) is 2.07. The number of aromatic nitrogens is 2. The molecule has 0 fully saturated rings. The number of rotatable bonds is 8. The van der Waals surface area contributed by atoms with Crippen molar-refractivity contribution in [3.8, 4) is 0 Å². The normalized spacial score (nSPS) is 13.2. The van der Waals surface area contributed by atoms with Gasteiger partial charge in [0.25, 0.3) is 0 Å². The summed E-state index contributed by atoms with van der Waals surface area (Å²) in [4.78, 5) is 4.84. The maximum absolute atomic E-state index is 4.84. The lowest BCUT2D eigenvalue weighted by molar-refractivity contribution is 0.391. The quantitative estimate of drug-likeness (QED) is 0.795. The fraction of sp³-hybridized carbons (Fsp3) is 0.611. The average Bonchev–Trinajstić information content (AvgIpc) is 2.82. The molecule has 2 rings (SSSR count). The summed E-state index contributed by atoms with van der Waals surface area (Å²) in [5.41, 5.74) is 2.42. The van der Waals surface area contributed by atoms with Crippen molar-refractivity contribution >= 4 is 11.0 Å². The van der Waals surface area contributed by atoms with E-state index in [1.165, 1.54) is 24.2 Å². The molecule has 1 atom stereocenters. The first-order valence-corrected chi connectivity index (χ1v) is 8.28. The van der Waals surface area contributed by atoms with E-state index < -0.39 is 0 Å². The molecular weight excluding hydrogens is 258 g/mol. The minimum Gasteiger partial charge on any atom is -0.328 e. The molecule has 1 heterocycles. The Labute approximate surface area is 128 Å². The summed E-state index contributed by atoms with van der Waals surface area (Å²) in [5, 5.41) is 3.43. The summed E-state index contributed by atoms with van der Waals surface area (Å²) >= 11 is 0. The van der Waals surface area contributed by atoms with Crippen LogP contribution in [0.2, 0.25) is 0 Å². The number of nitrogens with zero attached hydrogens (tertiary/aromatic N) is 2. The van der Waals surface area contributed by atoms with Gasteiger partial charge in [-0.1, -0.05) is 32.9 Å². The number of para-hydroxylation sites is 2. The van der Waals surface area contributed by atoms with E-state index in [9.17, 15) is 0 Å². The van der Waals surface area contributed by atoms with E-state index in [0.717, 1.165) is 24.9 Å². The molecule has 1 N–H and O–H groups in total. The second-order valence-electron chi connectivity index (χ2n) is 6.20. The lowest BCUT2D eigenvalue weighted by Crippen LogP contribution is -2.30. The minimum absolute atomic E-state index is 0.606. The van der Waals surface area contributed by atoms with E-state index in [4.69, 9.17) is 4.98 Å². The molecule has 3 nitrogen and oxygen atoms in total. The average molecular weight is 287 g/mol. The summed E-state index contributed by atoms with van der Waals surface area (Å²) < 4.78 is 2.40. The van der Waals surface area contributed by atoms with Gasteiger partial charge in [-0.15, -0.1) is 0 Å². The second-order valence-corrected chi connectivity index (χ2v) is 6.20. The Morgan fingerprint density at radius 1 is 1.24 bits per heavy atom. The van der Waals surface area contributed by atoms with Crippen molar-refractivity contribution in [2.45, 2.75) is 59.0 Å². The fourth-order valence-corrected chi connectivity index (χ4v) is 3.08. The zero-order valence-corrected chi connectivity index (χ0v) is 13.9. The van der Waals surface area contributed by atoms with Crippen LogP contribution in [0.5, 0.6) is 0 Å². The van der Waals surface area contributed by atoms with Gasteiger partial charge in [0.1, 0.15) is 5.82 Å². The van der Waals surface area contributed by atoms with Gasteiger partial charge in [-0.3, -0.25) is 0 Å². The van der Waals surface area contributed by atoms with Crippen LogP contribution >= 0.6 is 0 Å². The van der Waals surface area contributed by atoms with E-state index in [1.54, 1.807) is 0 Å². The summed E-state index contributed by atoms with van der Waals surface area (Å²) in [6, 6.07) is 9.09. The molecule has 1 unspecified atom stereocenters. The van der Waals surface area contributed by atoms with Crippen molar-refractivity contribution in [3.05, 3.63) is 30.1 Å². The highest BCUT2D eigenvalue weighted by Crippen LogP contribution is 2.19. The molecule has 0 aliphatic heterocycles. The number of imidazole rings is 1. The number of benzene rings is 1. The predicted octanol–water partition coefficient (Wildman–Crippen LogP) is 4.01. The smallest absolute Gasteiger partial charge is 0.109 e. The van der Waals surface area contributed by atoms with Gasteiger partial charge in [-0.05, 0) is 44.4 Å². The van der Waals surface area contributed by atoms with Crippen LogP contribution in [-0.4, -0.2) is 22.6 Å². The first-order chi connectivity index (χ1) is 10.2. The molecule has 0 radical (unpaired) electrons. The summed E-state index contributed by atoms with van der Waals surface area (Å²) in [5.74, 6) is 1.93. The van der Waals surface area contributed by atoms with Gasteiger partial charge < -0.3 is 9.88 Å². The van der Waals surface area contributed by atoms with Crippen LogP contribution in [0.15, 0.2) is 24.3 Å². The van der Waals surface area contributed by atoms with Crippen LogP contribution in [0, 0.1) is 5.92 Å². The molecule has 0 amide bonds. The summed E-state index contributed by atoms with van der Waals surface area (Å²) in [6.07, 6.45) is 4.62. The van der Waals surface area contributed by atoms with E-state index in [0.29, 0.717) is 12.0 Å². The molecule has 1 aromatic heterocycles. The first-order valence-electron chi connectivity index (χ1n) is 8.28. The minimum atomic E-state index is 0.606. The van der Waals surface area contributed by atoms with E-state index in [2.05, 4.69) is 62.0 Å². The number of hydrogen-bond donors (Lipinski definition) is 1. The third-order valence-corrected chi connectivity index (χ3v) is 4.27. The molecule has 0 aliphatic carbocycles. The Hall–Kier alpha value is -1.35. The van der Waals surface area contributed by atoms with Crippen molar-refractivity contribution in [2.75, 3.05) is 7.05 Å². The molecule has 0 aliphatic rings. The largest absolute Gasteiger partial charge is 0.328 e. The molecule has 0 saturated carbocycles. The Bertz CT molecular complexity index is 557. The number of nitrogens with one attached hydrogen (secondary N) is 1. The van der Waals surface area contributed by atoms with Gasteiger partial charge in [0.2, 0.25) is 0 Å². The predicted molar refractivity (Wildman–Crippen MR) is 90.6 cm³/mol. The van der Waals surface area contributed by atoms with Crippen LogP contribution < -0.4 is 5.32 Å². The third-order valence-electron chi connectivity index (χ3n) is 4.27. The topological polar surface area (TPSA) is 29.9 Å². The maximum atomic E-state index is 4.84. The van der Waals surface area contributed by atoms with Crippen LogP contribution in [0.3, 0.4) is 0 Å². The molecule has 21 heavy (non-hydrogen) atoms. The van der Waals surface area contributed by atoms with Crippen molar-refractivity contribution < 1.29 is 0 Å². The molecule has 0 spiro atoms. The monoisotopic (exact) mass is 287 g/mol. The first kappa shape index (κ1) is 16.0. The second kappa shape index (κ2) is 7.60. The van der Waals surface area contributed by atoms with Crippen molar-refractivity contribution in [1.82, 2.24) is 14.9 Å². The molecule has 0 bridgehead atoms. The highest BCUT2D eigenvalue weighted by atomic mass is 15.1. The third kappa shape index (κ3) is 3.85. The molecule has 1 aromatic carbocycles. The van der Waals surface area contributed by atoms with E-state index in [1.807, 2.05) is 0 Å². The highest BCUT2D eigenvalue weighted by Gasteiger charge is 2.13. The van der Waals surface area contributed by atoms with Crippen molar-refractivity contribution in [3.63, 3.8) is 0 Å². The molecule has 0 saturated heterocycles. The number of hydrogen-bond acceptors (Lipinski definition) is 2. The highest BCUT2D eigenvalue weighted by molar-refractivity contribution is 5.75. The van der Waals surface area contributed by atoms with E-state index >= 15 is 0 Å². The maximum Gasteiger partial charge on any atom is 0.109 e. The molecule has 116 valence electrons. The summed E-state index contributed by atoms with van der Waals surface area (Å²) in [6.45, 7) is 7.87. The zero-order chi connectivity index (χ0) is 15.2. The number of aryl methyl sites for hydroxylation is 2. The van der Waals surface area contributed by atoms with Gasteiger partial charge in [-0.2, -0.15) is 0 Å². The van der Waals surface area contributed by atoms with Gasteiger partial charge in [-0.25, -0.2) is 4.98 Å². The van der Waals surface area contributed by atoms with Gasteiger partial charge in [0.15, 0.2) is 0 Å². The Kier molecular flexibility index (Phi) is 5.80. The SMILES string of the molecule is CCCn1c(CCCC(NC)C(C)C)nc2ccccc21. The molecule has 3 heteroatoms. The lowest BCUT2D eigenvalue weighted by Gasteiger charge is -2.19. The van der Waals surface area contributed by atoms with Gasteiger partial charge in [0.05, 0.1) is 11.0 Å². The standard InChI is InChI=1S/C18H29N3/c1-5-13-21-17-11-7-6-9-16(17)20-18(21)12-8-10-15(19-4)14(2)3/h6-7,9,11,14-15,19H,5,8,10,12-13H2,1-4H3. The van der Waals surface area contributed by atoms with Crippen LogP contribution in [0.1, 0.15) is 45.9 Å². The van der Waals surface area contributed by atoms with Crippen molar-refractivity contribution in [2.24, 2.45) is 5.92 Å². The Morgan fingerprint density at radius 3 is 2.67 bits per heavy atom. The van der Waals surface area contributed by atoms with E-state index in [-0.39, 0.29) is 0 Å². The fourth-order valence-electron chi connectivity index (χ4n) is 3.08. The van der Waals surface area contributed by atoms with Gasteiger partial charge >= 0.3 is 0 Å². The van der Waals surface area contributed by atoms with Gasteiger partial charge in [0, 0.05) is 19.0 Å². The Morgan fingerprint density at radius 2 is 2.00 bits per heavy atom. The van der Waals surface area contributed by atoms with Crippen LogP contribution in [0.4, 0.5) is 0 Å².